The Morgan fingerprint density at radius 3 is 2.83 bits per heavy atom. The summed E-state index contributed by atoms with van der Waals surface area (Å²) >= 11 is 5.47. The van der Waals surface area contributed by atoms with Crippen LogP contribution in [-0.4, -0.2) is 15.1 Å². The van der Waals surface area contributed by atoms with Crippen LogP contribution in [0.15, 0.2) is 28.9 Å². The maximum atomic E-state index is 5.47. The van der Waals surface area contributed by atoms with Crippen molar-refractivity contribution >= 4 is 11.6 Å². The summed E-state index contributed by atoms with van der Waals surface area (Å²) in [5, 5.41) is 3.53. The van der Waals surface area contributed by atoms with Crippen LogP contribution in [-0.2, 0) is 0 Å². The van der Waals surface area contributed by atoms with Crippen molar-refractivity contribution in [3.8, 4) is 11.6 Å². The summed E-state index contributed by atoms with van der Waals surface area (Å²) in [7, 11) is 0. The summed E-state index contributed by atoms with van der Waals surface area (Å²) in [6, 6.07) is 5.41. The lowest BCUT2D eigenvalue weighted by atomic mass is 10.3. The number of rotatable bonds is 1. The molecule has 0 aliphatic carbocycles. The molecule has 2 aromatic heterocycles. The second kappa shape index (κ2) is 2.91. The van der Waals surface area contributed by atoms with Crippen molar-refractivity contribution in [1.29, 1.82) is 0 Å². The lowest BCUT2D eigenvalue weighted by Crippen LogP contribution is -1.80. The molecular formula is C7H4ClN3O. The van der Waals surface area contributed by atoms with E-state index in [1.165, 1.54) is 0 Å². The molecule has 0 spiro atoms. The van der Waals surface area contributed by atoms with Crippen LogP contribution in [0.25, 0.3) is 11.6 Å². The Morgan fingerprint density at radius 1 is 1.33 bits per heavy atom. The Balaban J connectivity index is 2.45. The second-order valence-electron chi connectivity index (χ2n) is 2.08. The van der Waals surface area contributed by atoms with Gasteiger partial charge in [-0.15, -0.1) is 0 Å². The zero-order valence-electron chi connectivity index (χ0n) is 5.94. The van der Waals surface area contributed by atoms with Crippen molar-refractivity contribution in [1.82, 2.24) is 15.1 Å². The number of hydrogen-bond donors (Lipinski definition) is 0. The summed E-state index contributed by atoms with van der Waals surface area (Å²) in [6.45, 7) is 0. The van der Waals surface area contributed by atoms with Crippen molar-refractivity contribution in [3.63, 3.8) is 0 Å². The number of aromatic nitrogens is 3. The normalized spacial score (nSPS) is 10.1. The third kappa shape index (κ3) is 1.29. The van der Waals surface area contributed by atoms with E-state index in [2.05, 4.69) is 15.1 Å². The molecule has 0 atom stereocenters. The molecule has 2 rings (SSSR count). The van der Waals surface area contributed by atoms with Crippen LogP contribution >= 0.6 is 11.6 Å². The fourth-order valence-electron chi connectivity index (χ4n) is 0.799. The fourth-order valence-corrected chi connectivity index (χ4v) is 0.910. The molecule has 0 N–H and O–H groups in total. The largest absolute Gasteiger partial charge is 0.331 e. The SMILES string of the molecule is Clc1noc(-c2ccccn2)n1. The van der Waals surface area contributed by atoms with Crippen molar-refractivity contribution in [2.75, 3.05) is 0 Å². The molecule has 0 fully saturated rings. The number of pyridine rings is 1. The van der Waals surface area contributed by atoms with Gasteiger partial charge in [0.15, 0.2) is 0 Å². The van der Waals surface area contributed by atoms with Gasteiger partial charge in [-0.2, -0.15) is 4.98 Å². The van der Waals surface area contributed by atoms with Crippen molar-refractivity contribution < 1.29 is 4.52 Å². The Bertz CT molecular complexity index is 373. The highest BCUT2D eigenvalue weighted by atomic mass is 35.5. The lowest BCUT2D eigenvalue weighted by Gasteiger charge is -1.88. The molecule has 0 aliphatic rings. The van der Waals surface area contributed by atoms with Crippen LogP contribution < -0.4 is 0 Å². The first kappa shape index (κ1) is 7.24. The lowest BCUT2D eigenvalue weighted by molar-refractivity contribution is 0.429. The first-order valence-corrected chi connectivity index (χ1v) is 3.64. The molecule has 0 amide bonds. The van der Waals surface area contributed by atoms with Gasteiger partial charge < -0.3 is 4.52 Å². The van der Waals surface area contributed by atoms with Gasteiger partial charge in [-0.05, 0) is 28.9 Å². The van der Waals surface area contributed by atoms with E-state index in [9.17, 15) is 0 Å². The van der Waals surface area contributed by atoms with Gasteiger partial charge in [-0.25, -0.2) is 0 Å². The Labute approximate surface area is 73.2 Å². The summed E-state index contributed by atoms with van der Waals surface area (Å²) in [6.07, 6.45) is 1.65. The molecule has 60 valence electrons. The van der Waals surface area contributed by atoms with Gasteiger partial charge in [0.05, 0.1) is 0 Å². The predicted molar refractivity (Wildman–Crippen MR) is 42.5 cm³/mol. The van der Waals surface area contributed by atoms with Gasteiger partial charge >= 0.3 is 0 Å². The fraction of sp³-hybridized carbons (Fsp3) is 0. The van der Waals surface area contributed by atoms with Crippen LogP contribution in [0.5, 0.6) is 0 Å². The van der Waals surface area contributed by atoms with Gasteiger partial charge in [-0.1, -0.05) is 6.07 Å². The van der Waals surface area contributed by atoms with E-state index < -0.39 is 0 Å². The quantitative estimate of drug-likeness (QED) is 0.673. The molecule has 0 saturated heterocycles. The molecule has 5 heteroatoms. The maximum absolute atomic E-state index is 5.47. The van der Waals surface area contributed by atoms with Gasteiger partial charge in [0.25, 0.3) is 11.2 Å². The third-order valence-electron chi connectivity index (χ3n) is 1.29. The van der Waals surface area contributed by atoms with Gasteiger partial charge in [0, 0.05) is 6.20 Å². The van der Waals surface area contributed by atoms with E-state index in [0.717, 1.165) is 0 Å². The first-order valence-electron chi connectivity index (χ1n) is 3.27. The Morgan fingerprint density at radius 2 is 2.25 bits per heavy atom. The highest BCUT2D eigenvalue weighted by Gasteiger charge is 2.06. The molecule has 0 saturated carbocycles. The first-order chi connectivity index (χ1) is 5.86. The molecule has 0 bridgehead atoms. The highest BCUT2D eigenvalue weighted by Crippen LogP contribution is 2.14. The number of hydrogen-bond acceptors (Lipinski definition) is 4. The molecule has 2 heterocycles. The van der Waals surface area contributed by atoms with Gasteiger partial charge in [0.1, 0.15) is 5.69 Å². The molecule has 2 aromatic rings. The average Bonchev–Trinajstić information content (AvgIpc) is 2.54. The minimum atomic E-state index is 0.0932. The smallest absolute Gasteiger partial charge is 0.277 e. The van der Waals surface area contributed by atoms with E-state index >= 15 is 0 Å². The van der Waals surface area contributed by atoms with Crippen molar-refractivity contribution in [2.24, 2.45) is 0 Å². The zero-order valence-corrected chi connectivity index (χ0v) is 6.69. The minimum Gasteiger partial charge on any atom is -0.331 e. The van der Waals surface area contributed by atoms with Crippen molar-refractivity contribution in [3.05, 3.63) is 29.7 Å². The predicted octanol–water partition coefficient (Wildman–Crippen LogP) is 1.78. The maximum Gasteiger partial charge on any atom is 0.277 e. The van der Waals surface area contributed by atoms with E-state index in [1.807, 2.05) is 12.1 Å². The topological polar surface area (TPSA) is 51.8 Å². The van der Waals surface area contributed by atoms with Crippen LogP contribution in [0.1, 0.15) is 0 Å². The monoisotopic (exact) mass is 181 g/mol. The van der Waals surface area contributed by atoms with E-state index in [0.29, 0.717) is 11.6 Å². The number of halogens is 1. The summed E-state index contributed by atoms with van der Waals surface area (Å²) in [4.78, 5) is 7.81. The average molecular weight is 182 g/mol. The van der Waals surface area contributed by atoms with E-state index in [-0.39, 0.29) is 5.28 Å². The molecular weight excluding hydrogens is 178 g/mol. The molecule has 0 aromatic carbocycles. The minimum absolute atomic E-state index is 0.0932. The van der Waals surface area contributed by atoms with Crippen LogP contribution in [0.3, 0.4) is 0 Å². The molecule has 0 aliphatic heterocycles. The molecule has 4 nitrogen and oxygen atoms in total. The standard InChI is InChI=1S/C7H4ClN3O/c8-7-10-6(12-11-7)5-3-1-2-4-9-5/h1-4H. The van der Waals surface area contributed by atoms with Crippen LogP contribution in [0, 0.1) is 0 Å². The Hall–Kier alpha value is -1.42. The van der Waals surface area contributed by atoms with Gasteiger partial charge in [0.2, 0.25) is 0 Å². The Kier molecular flexibility index (Phi) is 1.75. The summed E-state index contributed by atoms with van der Waals surface area (Å²) in [5.74, 6) is 0.334. The number of nitrogens with zero attached hydrogens (tertiary/aromatic N) is 3. The highest BCUT2D eigenvalue weighted by molar-refractivity contribution is 6.28. The van der Waals surface area contributed by atoms with E-state index in [1.54, 1.807) is 12.3 Å². The van der Waals surface area contributed by atoms with E-state index in [4.69, 9.17) is 16.1 Å². The summed E-state index contributed by atoms with van der Waals surface area (Å²) in [5.41, 5.74) is 0.622. The summed E-state index contributed by atoms with van der Waals surface area (Å²) < 4.78 is 4.79. The molecule has 0 unspecified atom stereocenters. The van der Waals surface area contributed by atoms with Crippen molar-refractivity contribution in [2.45, 2.75) is 0 Å². The van der Waals surface area contributed by atoms with Crippen LogP contribution in [0.4, 0.5) is 0 Å². The zero-order chi connectivity index (χ0) is 8.39. The second-order valence-corrected chi connectivity index (χ2v) is 2.42. The van der Waals surface area contributed by atoms with Gasteiger partial charge in [-0.3, -0.25) is 4.98 Å². The molecule has 12 heavy (non-hydrogen) atoms. The molecule has 0 radical (unpaired) electrons. The van der Waals surface area contributed by atoms with Crippen LogP contribution in [0.2, 0.25) is 5.28 Å². The third-order valence-corrected chi connectivity index (χ3v) is 1.44.